The van der Waals surface area contributed by atoms with Gasteiger partial charge in [0.05, 0.1) is 43.3 Å². The van der Waals surface area contributed by atoms with Gasteiger partial charge in [-0.05, 0) is 37.3 Å². The third kappa shape index (κ3) is 4.60. The second kappa shape index (κ2) is 9.80. The lowest BCUT2D eigenvalue weighted by molar-refractivity contribution is 0.00359. The van der Waals surface area contributed by atoms with Crippen LogP contribution in [0.2, 0.25) is 0 Å². The number of H-pyrrole nitrogens is 1. The number of ether oxygens (including phenoxy) is 3. The first kappa shape index (κ1) is 22.9. The molecule has 1 atom stereocenters. The fraction of sp³-hybridized carbons (Fsp3) is 0.333. The Bertz CT molecular complexity index is 1340. The zero-order chi connectivity index (χ0) is 24.4. The minimum atomic E-state index is -0.501. The summed E-state index contributed by atoms with van der Waals surface area (Å²) in [5, 5.41) is 16.1. The first-order chi connectivity index (χ1) is 17.0. The van der Waals surface area contributed by atoms with Gasteiger partial charge in [0.25, 0.3) is 5.91 Å². The van der Waals surface area contributed by atoms with E-state index in [0.29, 0.717) is 54.2 Å². The highest BCUT2D eigenvalue weighted by Gasteiger charge is 2.24. The predicted molar refractivity (Wildman–Crippen MR) is 125 cm³/mol. The number of benzene rings is 2. The maximum absolute atomic E-state index is 14.6. The van der Waals surface area contributed by atoms with Crippen LogP contribution in [0.15, 0.2) is 42.6 Å². The number of fused-ring (bicyclic) bond motifs is 1. The average Bonchev–Trinajstić information content (AvgIpc) is 3.51. The van der Waals surface area contributed by atoms with E-state index in [4.69, 9.17) is 14.2 Å². The van der Waals surface area contributed by atoms with Crippen molar-refractivity contribution in [2.45, 2.75) is 13.0 Å². The molecule has 2 aromatic carbocycles. The number of hydrogen-bond donors (Lipinski definition) is 1. The van der Waals surface area contributed by atoms with Crippen molar-refractivity contribution in [2.24, 2.45) is 0 Å². The summed E-state index contributed by atoms with van der Waals surface area (Å²) in [4.78, 5) is 14.7. The van der Waals surface area contributed by atoms with Crippen LogP contribution in [-0.2, 0) is 9.47 Å². The number of methoxy groups -OCH3 is 1. The summed E-state index contributed by atoms with van der Waals surface area (Å²) in [6.45, 7) is 4.24. The molecule has 5 rings (SSSR count). The van der Waals surface area contributed by atoms with Crippen molar-refractivity contribution < 1.29 is 23.4 Å². The molecule has 1 N–H and O–H groups in total. The molecule has 2 aromatic heterocycles. The third-order valence-electron chi connectivity index (χ3n) is 5.90. The summed E-state index contributed by atoms with van der Waals surface area (Å²) in [6, 6.07) is 10.1. The van der Waals surface area contributed by atoms with E-state index in [-0.39, 0.29) is 24.3 Å². The predicted octanol–water partition coefficient (Wildman–Crippen LogP) is 2.84. The SMILES string of the molecule is COCCOc1cc2[nH]nc(-c3cn(-c4ccc(C(=O)N5CCOC[C@@H]5C)cc4)nn3)c2cc1F. The van der Waals surface area contributed by atoms with Gasteiger partial charge >= 0.3 is 0 Å². The van der Waals surface area contributed by atoms with Gasteiger partial charge in [0.15, 0.2) is 11.6 Å². The molecule has 0 radical (unpaired) electrons. The number of aromatic nitrogens is 5. The topological polar surface area (TPSA) is 107 Å². The van der Waals surface area contributed by atoms with Crippen molar-refractivity contribution in [3.63, 3.8) is 0 Å². The zero-order valence-electron chi connectivity index (χ0n) is 19.4. The summed E-state index contributed by atoms with van der Waals surface area (Å²) in [7, 11) is 1.55. The number of amides is 1. The normalized spacial score (nSPS) is 16.1. The number of nitrogens with zero attached hydrogens (tertiary/aromatic N) is 5. The van der Waals surface area contributed by atoms with Gasteiger partial charge in [-0.1, -0.05) is 5.21 Å². The monoisotopic (exact) mass is 480 g/mol. The van der Waals surface area contributed by atoms with Crippen LogP contribution in [0, 0.1) is 5.82 Å². The van der Waals surface area contributed by atoms with E-state index >= 15 is 0 Å². The smallest absolute Gasteiger partial charge is 0.254 e. The van der Waals surface area contributed by atoms with Crippen LogP contribution in [-0.4, -0.2) is 82.1 Å². The lowest BCUT2D eigenvalue weighted by Gasteiger charge is -2.33. The number of hydrogen-bond acceptors (Lipinski definition) is 7. The second-order valence-corrected chi connectivity index (χ2v) is 8.26. The number of carbonyl (C=O) groups excluding carboxylic acids is 1. The molecule has 10 nitrogen and oxygen atoms in total. The highest BCUT2D eigenvalue weighted by atomic mass is 19.1. The Kier molecular flexibility index (Phi) is 6.43. The lowest BCUT2D eigenvalue weighted by atomic mass is 10.1. The Hall–Kier alpha value is -3.83. The Morgan fingerprint density at radius 3 is 2.86 bits per heavy atom. The molecular formula is C24H25FN6O4. The van der Waals surface area contributed by atoms with Crippen LogP contribution in [0.1, 0.15) is 17.3 Å². The number of halogens is 1. The molecule has 0 spiro atoms. The minimum Gasteiger partial charge on any atom is -0.488 e. The number of aromatic amines is 1. The van der Waals surface area contributed by atoms with Gasteiger partial charge in [0.1, 0.15) is 18.0 Å². The molecule has 0 saturated carbocycles. The number of morpholine rings is 1. The van der Waals surface area contributed by atoms with Crippen LogP contribution in [0.3, 0.4) is 0 Å². The molecule has 0 unspecified atom stereocenters. The van der Waals surface area contributed by atoms with E-state index < -0.39 is 5.82 Å². The average molecular weight is 481 g/mol. The van der Waals surface area contributed by atoms with E-state index in [1.54, 1.807) is 36.2 Å². The standard InChI is InChI=1S/C24H25FN6O4/c1-15-14-34-8-7-30(15)24(32)16-3-5-17(6-4-16)31-13-21(27-29-31)23-18-11-19(25)22(35-10-9-33-2)12-20(18)26-28-23/h3-6,11-13,15H,7-10,14H2,1-2H3,(H,26,28)/t15-/m0/s1. The first-order valence-corrected chi connectivity index (χ1v) is 11.3. The van der Waals surface area contributed by atoms with E-state index in [1.807, 2.05) is 24.0 Å². The number of rotatable bonds is 7. The van der Waals surface area contributed by atoms with Crippen LogP contribution >= 0.6 is 0 Å². The van der Waals surface area contributed by atoms with Gasteiger partial charge in [-0.2, -0.15) is 5.10 Å². The van der Waals surface area contributed by atoms with Gasteiger partial charge in [0, 0.05) is 30.7 Å². The molecule has 1 aliphatic heterocycles. The van der Waals surface area contributed by atoms with E-state index in [0.717, 1.165) is 5.69 Å². The van der Waals surface area contributed by atoms with Gasteiger partial charge in [-0.3, -0.25) is 9.89 Å². The Balaban J connectivity index is 1.35. The molecule has 4 aromatic rings. The van der Waals surface area contributed by atoms with Crippen LogP contribution in [0.25, 0.3) is 28.0 Å². The van der Waals surface area contributed by atoms with Crippen LogP contribution in [0.4, 0.5) is 4.39 Å². The van der Waals surface area contributed by atoms with Crippen molar-refractivity contribution in [2.75, 3.05) is 40.1 Å². The van der Waals surface area contributed by atoms with Gasteiger partial charge < -0.3 is 19.1 Å². The molecule has 1 amide bonds. The molecular weight excluding hydrogens is 455 g/mol. The molecule has 11 heteroatoms. The van der Waals surface area contributed by atoms with Crippen LogP contribution in [0.5, 0.6) is 5.75 Å². The van der Waals surface area contributed by atoms with Crippen molar-refractivity contribution in [3.8, 4) is 22.8 Å². The maximum Gasteiger partial charge on any atom is 0.254 e. The summed E-state index contributed by atoms with van der Waals surface area (Å²) < 4.78 is 31.9. The van der Waals surface area contributed by atoms with E-state index in [1.165, 1.54) is 6.07 Å². The Morgan fingerprint density at radius 2 is 2.09 bits per heavy atom. The zero-order valence-corrected chi connectivity index (χ0v) is 19.4. The van der Waals surface area contributed by atoms with Gasteiger partial charge in [-0.15, -0.1) is 5.10 Å². The molecule has 0 bridgehead atoms. The van der Waals surface area contributed by atoms with Crippen LogP contribution < -0.4 is 4.74 Å². The third-order valence-corrected chi connectivity index (χ3v) is 5.90. The maximum atomic E-state index is 14.6. The summed E-state index contributed by atoms with van der Waals surface area (Å²) in [5.41, 5.74) is 2.89. The van der Waals surface area contributed by atoms with Crippen molar-refractivity contribution in [1.82, 2.24) is 30.1 Å². The lowest BCUT2D eigenvalue weighted by Crippen LogP contribution is -2.47. The highest BCUT2D eigenvalue weighted by molar-refractivity contribution is 5.95. The molecule has 0 aliphatic carbocycles. The molecule has 1 saturated heterocycles. The van der Waals surface area contributed by atoms with E-state index in [2.05, 4.69) is 20.5 Å². The van der Waals surface area contributed by atoms with Crippen molar-refractivity contribution in [3.05, 3.63) is 54.0 Å². The summed E-state index contributed by atoms with van der Waals surface area (Å²) in [6.07, 6.45) is 1.71. The Morgan fingerprint density at radius 1 is 1.26 bits per heavy atom. The van der Waals surface area contributed by atoms with E-state index in [9.17, 15) is 9.18 Å². The molecule has 3 heterocycles. The largest absolute Gasteiger partial charge is 0.488 e. The Labute approximate surface area is 200 Å². The van der Waals surface area contributed by atoms with Crippen molar-refractivity contribution in [1.29, 1.82) is 0 Å². The molecule has 35 heavy (non-hydrogen) atoms. The van der Waals surface area contributed by atoms with Crippen molar-refractivity contribution >= 4 is 16.8 Å². The molecule has 1 aliphatic rings. The summed E-state index contributed by atoms with van der Waals surface area (Å²) in [5.74, 6) is -0.407. The van der Waals surface area contributed by atoms with Gasteiger partial charge in [0.2, 0.25) is 0 Å². The quantitative estimate of drug-likeness (QED) is 0.405. The number of carbonyl (C=O) groups is 1. The fourth-order valence-electron chi connectivity index (χ4n) is 4.01. The minimum absolute atomic E-state index is 0.0257. The second-order valence-electron chi connectivity index (χ2n) is 8.26. The molecule has 1 fully saturated rings. The molecule has 182 valence electrons. The first-order valence-electron chi connectivity index (χ1n) is 11.3. The fourth-order valence-corrected chi connectivity index (χ4v) is 4.01. The number of nitrogens with one attached hydrogen (secondary N) is 1. The highest BCUT2D eigenvalue weighted by Crippen LogP contribution is 2.30. The summed E-state index contributed by atoms with van der Waals surface area (Å²) >= 11 is 0. The van der Waals surface area contributed by atoms with Gasteiger partial charge in [-0.25, -0.2) is 9.07 Å².